The highest BCUT2D eigenvalue weighted by Crippen LogP contribution is 2.10. The normalized spacial score (nSPS) is 10.3. The summed E-state index contributed by atoms with van der Waals surface area (Å²) in [6, 6.07) is 0. The Morgan fingerprint density at radius 3 is 1.32 bits per heavy atom. The lowest BCUT2D eigenvalue weighted by Gasteiger charge is -2.06. The van der Waals surface area contributed by atoms with Crippen molar-refractivity contribution in [1.82, 2.24) is 16.0 Å². The molecule has 2 amide bonds. The summed E-state index contributed by atoms with van der Waals surface area (Å²) in [5.41, 5.74) is 0. The zero-order chi connectivity index (χ0) is 23.4. The summed E-state index contributed by atoms with van der Waals surface area (Å²) in [6.07, 6.45) is 19.0. The van der Waals surface area contributed by atoms with Gasteiger partial charge in [-0.25, -0.2) is 0 Å². The lowest BCUT2D eigenvalue weighted by Crippen LogP contribution is -2.32. The smallest absolute Gasteiger partial charge is 0.229 e. The molecule has 0 heterocycles. The molecule has 0 aromatic rings. The van der Waals surface area contributed by atoms with Gasteiger partial charge in [0.25, 0.3) is 0 Å². The monoisotopic (exact) mass is 441 g/mol. The third kappa shape index (κ3) is 31.2. The largest absolute Gasteiger partial charge is 0.356 e. The van der Waals surface area contributed by atoms with Crippen molar-refractivity contribution < 1.29 is 9.59 Å². The highest BCUT2D eigenvalue weighted by molar-refractivity contribution is 5.96. The molecule has 0 spiro atoms. The molecular weight excluding hydrogens is 386 g/mol. The second-order valence-corrected chi connectivity index (χ2v) is 8.52. The van der Waals surface area contributed by atoms with Gasteiger partial charge in [-0.3, -0.25) is 9.59 Å². The molecule has 0 aliphatic rings. The molecule has 186 valence electrons. The fourth-order valence-corrected chi connectivity index (χ4v) is 3.10. The standard InChI is InChI=1S/C18H36N2O2.C8H19N/c1-3-5-6-7-8-9-10-11-12-13-15-20-18(22)16-17(21)19-14-4-2;1-3-5-7-9-8-6-4-2/h3-16H2,1-2H3,(H,19,21)(H,20,22);9H,3-8H2,1-2H3. The first-order valence-corrected chi connectivity index (χ1v) is 13.4. The number of rotatable bonds is 21. The van der Waals surface area contributed by atoms with Crippen LogP contribution in [0.4, 0.5) is 0 Å². The number of nitrogens with one attached hydrogen (secondary N) is 3. The molecule has 0 aromatic carbocycles. The molecule has 0 atom stereocenters. The zero-order valence-corrected chi connectivity index (χ0v) is 21.5. The molecule has 0 saturated carbocycles. The van der Waals surface area contributed by atoms with Gasteiger partial charge in [0, 0.05) is 13.1 Å². The van der Waals surface area contributed by atoms with Crippen LogP contribution in [0.1, 0.15) is 130 Å². The summed E-state index contributed by atoms with van der Waals surface area (Å²) in [5, 5.41) is 8.91. The van der Waals surface area contributed by atoms with E-state index in [0.29, 0.717) is 13.1 Å². The van der Waals surface area contributed by atoms with Gasteiger partial charge >= 0.3 is 0 Å². The summed E-state index contributed by atoms with van der Waals surface area (Å²) in [5.74, 6) is -0.341. The highest BCUT2D eigenvalue weighted by Gasteiger charge is 2.07. The first-order valence-electron chi connectivity index (χ1n) is 13.4. The van der Waals surface area contributed by atoms with E-state index < -0.39 is 0 Å². The topological polar surface area (TPSA) is 70.2 Å². The van der Waals surface area contributed by atoms with Crippen LogP contribution in [0, 0.1) is 0 Å². The number of carbonyl (C=O) groups excluding carboxylic acids is 2. The fraction of sp³-hybridized carbons (Fsp3) is 0.923. The SMILES string of the molecule is CCCCCCCCCCCCNC(=O)CC(=O)NCCC.CCCCNCCCC. The van der Waals surface area contributed by atoms with E-state index in [9.17, 15) is 9.59 Å². The third-order valence-corrected chi connectivity index (χ3v) is 5.16. The van der Waals surface area contributed by atoms with Crippen molar-refractivity contribution in [3.05, 3.63) is 0 Å². The van der Waals surface area contributed by atoms with Gasteiger partial charge in [0.1, 0.15) is 6.42 Å². The second kappa shape index (κ2) is 28.9. The van der Waals surface area contributed by atoms with E-state index in [4.69, 9.17) is 0 Å². The molecule has 5 heteroatoms. The number of unbranched alkanes of at least 4 members (excludes halogenated alkanes) is 11. The van der Waals surface area contributed by atoms with Gasteiger partial charge in [-0.2, -0.15) is 0 Å². The summed E-state index contributed by atoms with van der Waals surface area (Å²) in [6.45, 7) is 12.4. The van der Waals surface area contributed by atoms with Crippen molar-refractivity contribution in [2.24, 2.45) is 0 Å². The van der Waals surface area contributed by atoms with Crippen LogP contribution in [-0.4, -0.2) is 38.0 Å². The van der Waals surface area contributed by atoms with Gasteiger partial charge in [-0.1, -0.05) is 98.3 Å². The minimum atomic E-state index is -0.178. The summed E-state index contributed by atoms with van der Waals surface area (Å²) < 4.78 is 0. The molecule has 0 saturated heterocycles. The predicted octanol–water partition coefficient (Wildman–Crippen LogP) is 6.12. The van der Waals surface area contributed by atoms with Crippen molar-refractivity contribution in [2.75, 3.05) is 26.2 Å². The highest BCUT2D eigenvalue weighted by atomic mass is 16.2. The van der Waals surface area contributed by atoms with E-state index in [1.807, 2.05) is 6.92 Å². The van der Waals surface area contributed by atoms with Crippen LogP contribution in [0.25, 0.3) is 0 Å². The lowest BCUT2D eigenvalue weighted by atomic mass is 10.1. The minimum Gasteiger partial charge on any atom is -0.356 e. The van der Waals surface area contributed by atoms with Gasteiger partial charge in [0.15, 0.2) is 0 Å². The van der Waals surface area contributed by atoms with Crippen molar-refractivity contribution in [3.8, 4) is 0 Å². The van der Waals surface area contributed by atoms with E-state index in [1.54, 1.807) is 0 Å². The van der Waals surface area contributed by atoms with Crippen LogP contribution in [0.15, 0.2) is 0 Å². The van der Waals surface area contributed by atoms with Crippen molar-refractivity contribution in [1.29, 1.82) is 0 Å². The summed E-state index contributed by atoms with van der Waals surface area (Å²) in [4.78, 5) is 22.8. The molecule has 0 aliphatic carbocycles. The molecule has 0 radical (unpaired) electrons. The molecule has 3 N–H and O–H groups in total. The lowest BCUT2D eigenvalue weighted by molar-refractivity contribution is -0.129. The Kier molecular flexibility index (Phi) is 29.9. The predicted molar refractivity (Wildman–Crippen MR) is 135 cm³/mol. The van der Waals surface area contributed by atoms with Crippen molar-refractivity contribution in [2.45, 2.75) is 130 Å². The average Bonchev–Trinajstić information content (AvgIpc) is 2.76. The van der Waals surface area contributed by atoms with Crippen LogP contribution in [0.3, 0.4) is 0 Å². The quantitative estimate of drug-likeness (QED) is 0.148. The van der Waals surface area contributed by atoms with Crippen molar-refractivity contribution >= 4 is 11.8 Å². The van der Waals surface area contributed by atoms with Crippen LogP contribution in [0.2, 0.25) is 0 Å². The maximum Gasteiger partial charge on any atom is 0.229 e. The van der Waals surface area contributed by atoms with Crippen LogP contribution < -0.4 is 16.0 Å². The van der Waals surface area contributed by atoms with Crippen LogP contribution in [-0.2, 0) is 9.59 Å². The second-order valence-electron chi connectivity index (χ2n) is 8.52. The fourth-order valence-electron chi connectivity index (χ4n) is 3.10. The zero-order valence-electron chi connectivity index (χ0n) is 21.5. The number of amides is 2. The first-order chi connectivity index (χ1) is 15.1. The van der Waals surface area contributed by atoms with Gasteiger partial charge in [0.2, 0.25) is 11.8 Å². The van der Waals surface area contributed by atoms with Crippen LogP contribution in [0.5, 0.6) is 0 Å². The Balaban J connectivity index is 0. The Hall–Kier alpha value is -1.10. The molecule has 5 nitrogen and oxygen atoms in total. The first kappa shape index (κ1) is 32.1. The molecule has 0 aliphatic heterocycles. The van der Waals surface area contributed by atoms with E-state index in [2.05, 4.69) is 36.7 Å². The molecule has 0 rings (SSSR count). The molecule has 0 unspecified atom stereocenters. The Bertz CT molecular complexity index is 370. The molecule has 0 bridgehead atoms. The Morgan fingerprint density at radius 1 is 0.452 bits per heavy atom. The van der Waals surface area contributed by atoms with Crippen molar-refractivity contribution in [3.63, 3.8) is 0 Å². The summed E-state index contributed by atoms with van der Waals surface area (Å²) in [7, 11) is 0. The summed E-state index contributed by atoms with van der Waals surface area (Å²) >= 11 is 0. The van der Waals surface area contributed by atoms with Gasteiger partial charge in [0.05, 0.1) is 0 Å². The Labute approximate surface area is 194 Å². The van der Waals surface area contributed by atoms with Crippen LogP contribution >= 0.6 is 0 Å². The Morgan fingerprint density at radius 2 is 0.871 bits per heavy atom. The van der Waals surface area contributed by atoms with E-state index in [1.165, 1.54) is 90.1 Å². The number of carbonyl (C=O) groups is 2. The number of hydrogen-bond acceptors (Lipinski definition) is 3. The maximum absolute atomic E-state index is 11.5. The third-order valence-electron chi connectivity index (χ3n) is 5.16. The van der Waals surface area contributed by atoms with E-state index in [0.717, 1.165) is 19.3 Å². The maximum atomic E-state index is 11.5. The molecular formula is C26H55N3O2. The van der Waals surface area contributed by atoms with E-state index in [-0.39, 0.29) is 18.2 Å². The molecule has 0 fully saturated rings. The number of hydrogen-bond donors (Lipinski definition) is 3. The molecule has 0 aromatic heterocycles. The average molecular weight is 442 g/mol. The van der Waals surface area contributed by atoms with Gasteiger partial charge in [-0.15, -0.1) is 0 Å². The van der Waals surface area contributed by atoms with E-state index >= 15 is 0 Å². The van der Waals surface area contributed by atoms with Gasteiger partial charge in [-0.05, 0) is 38.8 Å². The minimum absolute atomic E-state index is 0.0439. The van der Waals surface area contributed by atoms with Gasteiger partial charge < -0.3 is 16.0 Å². The molecule has 31 heavy (non-hydrogen) atoms.